The number of likely N-dealkylation sites (N-methyl/N-ethyl adjacent to an activating group) is 1. The Kier molecular flexibility index (Phi) is 11.2. The van der Waals surface area contributed by atoms with Gasteiger partial charge >= 0.3 is 0 Å². The third kappa shape index (κ3) is 10.3. The maximum Gasteiger partial charge on any atom is 0.222 e. The number of carbonyl (C=O) groups excluding carboxylic acids is 1. The van der Waals surface area contributed by atoms with Crippen LogP contribution in [0.3, 0.4) is 0 Å². The first kappa shape index (κ1) is 21.7. The van der Waals surface area contributed by atoms with Crippen molar-refractivity contribution in [3.05, 3.63) is 36.0 Å². The summed E-state index contributed by atoms with van der Waals surface area (Å²) in [4.78, 5) is 13.6. The lowest BCUT2D eigenvalue weighted by Crippen LogP contribution is -2.26. The minimum Gasteiger partial charge on any atom is -0.353 e. The van der Waals surface area contributed by atoms with Crippen LogP contribution in [0.15, 0.2) is 36.0 Å². The van der Waals surface area contributed by atoms with Gasteiger partial charge in [-0.25, -0.2) is 0 Å². The maximum absolute atomic E-state index is 11.9. The molecule has 142 valence electrons. The van der Waals surface area contributed by atoms with Crippen molar-refractivity contribution < 1.29 is 14.3 Å². The Bertz CT molecular complexity index is 462. The van der Waals surface area contributed by atoms with E-state index >= 15 is 0 Å². The smallest absolute Gasteiger partial charge is 0.222 e. The van der Waals surface area contributed by atoms with Gasteiger partial charge in [0.15, 0.2) is 6.29 Å². The molecule has 4 nitrogen and oxygen atoms in total. The van der Waals surface area contributed by atoms with E-state index in [1.807, 2.05) is 7.05 Å². The standard InChI is InChI=1S/C21H35NO3/c1-5-15-22(4)20(23)13-12-18(2)9-8-10-19(3)14-17-25-21-11-6-7-16-24-21/h5,9,14,21H,1,6-8,10-13,15-17H2,2-4H3. The molecule has 1 unspecified atom stereocenters. The van der Waals surface area contributed by atoms with Crippen molar-refractivity contribution in [3.8, 4) is 0 Å². The zero-order chi connectivity index (χ0) is 18.5. The molecule has 1 amide bonds. The third-order valence-corrected chi connectivity index (χ3v) is 4.45. The summed E-state index contributed by atoms with van der Waals surface area (Å²) in [5, 5.41) is 0. The molecule has 0 aromatic carbocycles. The summed E-state index contributed by atoms with van der Waals surface area (Å²) >= 11 is 0. The maximum atomic E-state index is 11.9. The minimum atomic E-state index is -0.0169. The Morgan fingerprint density at radius 1 is 1.20 bits per heavy atom. The van der Waals surface area contributed by atoms with Crippen molar-refractivity contribution in [2.75, 3.05) is 26.8 Å². The van der Waals surface area contributed by atoms with Crippen LogP contribution in [0.25, 0.3) is 0 Å². The number of rotatable bonds is 11. The molecule has 25 heavy (non-hydrogen) atoms. The average Bonchev–Trinajstić information content (AvgIpc) is 2.60. The first-order valence-electron chi connectivity index (χ1n) is 9.42. The first-order chi connectivity index (χ1) is 12.0. The van der Waals surface area contributed by atoms with E-state index in [-0.39, 0.29) is 12.2 Å². The highest BCUT2D eigenvalue weighted by molar-refractivity contribution is 5.76. The predicted molar refractivity (Wildman–Crippen MR) is 103 cm³/mol. The molecule has 4 heteroatoms. The number of allylic oxidation sites excluding steroid dienone is 3. The van der Waals surface area contributed by atoms with Crippen molar-refractivity contribution in [3.63, 3.8) is 0 Å². The molecule has 1 atom stereocenters. The number of carbonyl (C=O) groups is 1. The number of nitrogens with zero attached hydrogens (tertiary/aromatic N) is 1. The molecule has 0 spiro atoms. The van der Waals surface area contributed by atoms with E-state index in [1.54, 1.807) is 11.0 Å². The van der Waals surface area contributed by atoms with E-state index in [0.29, 0.717) is 19.6 Å². The van der Waals surface area contributed by atoms with E-state index in [9.17, 15) is 4.79 Å². The SMILES string of the molecule is C=CCN(C)C(=O)CCC(C)=CCCC(C)=CCOC1CCCCO1. The lowest BCUT2D eigenvalue weighted by molar-refractivity contribution is -0.155. The second kappa shape index (κ2) is 12.9. The normalized spacial score (nSPS) is 18.9. The molecule has 1 heterocycles. The van der Waals surface area contributed by atoms with Gasteiger partial charge in [-0.2, -0.15) is 0 Å². The van der Waals surface area contributed by atoms with Gasteiger partial charge in [-0.3, -0.25) is 4.79 Å². The topological polar surface area (TPSA) is 38.8 Å². The predicted octanol–water partition coefficient (Wildman–Crippen LogP) is 4.63. The average molecular weight is 350 g/mol. The first-order valence-corrected chi connectivity index (χ1v) is 9.42. The Labute approximate surface area is 153 Å². The molecule has 0 aromatic heterocycles. The zero-order valence-corrected chi connectivity index (χ0v) is 16.3. The Morgan fingerprint density at radius 2 is 1.96 bits per heavy atom. The van der Waals surface area contributed by atoms with Crippen molar-refractivity contribution in [1.29, 1.82) is 0 Å². The van der Waals surface area contributed by atoms with Gasteiger partial charge in [-0.05, 0) is 52.4 Å². The van der Waals surface area contributed by atoms with E-state index in [1.165, 1.54) is 17.6 Å². The molecule has 1 aliphatic rings. The highest BCUT2D eigenvalue weighted by atomic mass is 16.7. The van der Waals surface area contributed by atoms with Crippen LogP contribution in [-0.4, -0.2) is 43.9 Å². The highest BCUT2D eigenvalue weighted by Gasteiger charge is 2.12. The summed E-state index contributed by atoms with van der Waals surface area (Å²) in [5.41, 5.74) is 2.61. The summed E-state index contributed by atoms with van der Waals surface area (Å²) in [6.45, 7) is 9.96. The van der Waals surface area contributed by atoms with Crippen LogP contribution in [0.5, 0.6) is 0 Å². The molecule has 1 saturated heterocycles. The Morgan fingerprint density at radius 3 is 2.64 bits per heavy atom. The fourth-order valence-electron chi connectivity index (χ4n) is 2.68. The molecule has 0 N–H and O–H groups in total. The summed E-state index contributed by atoms with van der Waals surface area (Å²) in [7, 11) is 1.82. The van der Waals surface area contributed by atoms with Crippen molar-refractivity contribution >= 4 is 5.91 Å². The van der Waals surface area contributed by atoms with Crippen LogP contribution in [0.2, 0.25) is 0 Å². The van der Waals surface area contributed by atoms with E-state index in [0.717, 1.165) is 38.7 Å². The summed E-state index contributed by atoms with van der Waals surface area (Å²) in [6, 6.07) is 0. The van der Waals surface area contributed by atoms with Crippen LogP contribution >= 0.6 is 0 Å². The lowest BCUT2D eigenvalue weighted by atomic mass is 10.1. The van der Waals surface area contributed by atoms with Gasteiger partial charge in [0.25, 0.3) is 0 Å². The van der Waals surface area contributed by atoms with Gasteiger partial charge in [0, 0.05) is 26.6 Å². The van der Waals surface area contributed by atoms with Crippen LogP contribution in [0, 0.1) is 0 Å². The minimum absolute atomic E-state index is 0.0169. The second-order valence-electron chi connectivity index (χ2n) is 6.83. The molecule has 0 bridgehead atoms. The van der Waals surface area contributed by atoms with Gasteiger partial charge in [0.2, 0.25) is 5.91 Å². The molecule has 0 saturated carbocycles. The quantitative estimate of drug-likeness (QED) is 0.511. The van der Waals surface area contributed by atoms with Crippen LogP contribution in [-0.2, 0) is 14.3 Å². The van der Waals surface area contributed by atoms with Crippen LogP contribution in [0.1, 0.15) is 58.8 Å². The number of ether oxygens (including phenoxy) is 2. The van der Waals surface area contributed by atoms with Gasteiger partial charge in [0.05, 0.1) is 6.61 Å². The number of hydrogen-bond donors (Lipinski definition) is 0. The molecule has 0 radical (unpaired) electrons. The lowest BCUT2D eigenvalue weighted by Gasteiger charge is -2.22. The van der Waals surface area contributed by atoms with Gasteiger partial charge in [0.1, 0.15) is 0 Å². The fourth-order valence-corrected chi connectivity index (χ4v) is 2.68. The van der Waals surface area contributed by atoms with Crippen LogP contribution < -0.4 is 0 Å². The van der Waals surface area contributed by atoms with E-state index in [2.05, 4.69) is 32.6 Å². The summed E-state index contributed by atoms with van der Waals surface area (Å²) in [6.07, 6.45) is 12.9. The largest absolute Gasteiger partial charge is 0.353 e. The highest BCUT2D eigenvalue weighted by Crippen LogP contribution is 2.14. The van der Waals surface area contributed by atoms with Crippen LogP contribution in [0.4, 0.5) is 0 Å². The molecule has 1 aliphatic heterocycles. The van der Waals surface area contributed by atoms with E-state index < -0.39 is 0 Å². The van der Waals surface area contributed by atoms with Crippen molar-refractivity contribution in [1.82, 2.24) is 4.90 Å². The molecular weight excluding hydrogens is 314 g/mol. The summed E-state index contributed by atoms with van der Waals surface area (Å²) in [5.74, 6) is 0.172. The second-order valence-corrected chi connectivity index (χ2v) is 6.83. The third-order valence-electron chi connectivity index (χ3n) is 4.45. The van der Waals surface area contributed by atoms with Gasteiger partial charge in [-0.1, -0.05) is 29.4 Å². The van der Waals surface area contributed by atoms with Gasteiger partial charge in [-0.15, -0.1) is 6.58 Å². The number of amides is 1. The Hall–Kier alpha value is -1.39. The zero-order valence-electron chi connectivity index (χ0n) is 16.3. The molecular formula is C21H35NO3. The van der Waals surface area contributed by atoms with Crippen molar-refractivity contribution in [2.24, 2.45) is 0 Å². The summed E-state index contributed by atoms with van der Waals surface area (Å²) < 4.78 is 11.3. The van der Waals surface area contributed by atoms with Gasteiger partial charge < -0.3 is 14.4 Å². The van der Waals surface area contributed by atoms with E-state index in [4.69, 9.17) is 9.47 Å². The molecule has 1 rings (SSSR count). The molecule has 0 aromatic rings. The Balaban J connectivity index is 2.17. The van der Waals surface area contributed by atoms with Crippen molar-refractivity contribution in [2.45, 2.75) is 65.1 Å². The molecule has 1 fully saturated rings. The monoisotopic (exact) mass is 349 g/mol. The molecule has 0 aliphatic carbocycles. The number of hydrogen-bond acceptors (Lipinski definition) is 3. The fraction of sp³-hybridized carbons (Fsp3) is 0.667.